The monoisotopic (exact) mass is 281 g/mol. The van der Waals surface area contributed by atoms with E-state index in [4.69, 9.17) is 4.74 Å². The van der Waals surface area contributed by atoms with Crippen molar-refractivity contribution < 1.29 is 14.3 Å². The van der Waals surface area contributed by atoms with Gasteiger partial charge in [0.15, 0.2) is 0 Å². The second-order valence-electron chi connectivity index (χ2n) is 7.20. The Balaban J connectivity index is 2.15. The van der Waals surface area contributed by atoms with Crippen molar-refractivity contribution >= 4 is 11.9 Å². The van der Waals surface area contributed by atoms with Gasteiger partial charge in [0.2, 0.25) is 0 Å². The molecule has 1 amide bonds. The number of rotatable bonds is 1. The number of amides is 1. The van der Waals surface area contributed by atoms with Crippen LogP contribution < -0.4 is 0 Å². The molecule has 0 radical (unpaired) electrons. The van der Waals surface area contributed by atoms with Gasteiger partial charge >= 0.3 is 6.09 Å². The normalized spacial score (nSPS) is 31.5. The van der Waals surface area contributed by atoms with E-state index in [1.807, 2.05) is 25.7 Å². The lowest BCUT2D eigenvalue weighted by Crippen LogP contribution is -2.54. The van der Waals surface area contributed by atoms with Gasteiger partial charge in [-0.2, -0.15) is 0 Å². The van der Waals surface area contributed by atoms with Crippen molar-refractivity contribution in [2.75, 3.05) is 0 Å². The van der Waals surface area contributed by atoms with Gasteiger partial charge in [-0.05, 0) is 59.8 Å². The zero-order chi connectivity index (χ0) is 14.9. The quantitative estimate of drug-likeness (QED) is 0.738. The molecule has 20 heavy (non-hydrogen) atoms. The third kappa shape index (κ3) is 3.33. The average Bonchev–Trinajstić information content (AvgIpc) is 2.72. The summed E-state index contributed by atoms with van der Waals surface area (Å²) in [6.45, 7) is 7.72. The molecule has 4 nitrogen and oxygen atoms in total. The zero-order valence-corrected chi connectivity index (χ0v) is 13.1. The minimum absolute atomic E-state index is 0.0327. The molecule has 2 aliphatic rings. The SMILES string of the molecule is CC1CCCC(C2CCCC2=O)N1C(=O)OC(C)(C)C. The van der Waals surface area contributed by atoms with Gasteiger partial charge in [0, 0.05) is 24.4 Å². The molecule has 3 atom stereocenters. The van der Waals surface area contributed by atoms with Gasteiger partial charge < -0.3 is 9.64 Å². The van der Waals surface area contributed by atoms with Crippen LogP contribution in [0, 0.1) is 5.92 Å². The number of Topliss-reactive ketones (excluding diaryl/α,β-unsaturated/α-hetero) is 1. The number of ether oxygens (including phenoxy) is 1. The van der Waals surface area contributed by atoms with Gasteiger partial charge in [-0.25, -0.2) is 4.79 Å². The molecule has 1 saturated heterocycles. The van der Waals surface area contributed by atoms with Gasteiger partial charge in [0.25, 0.3) is 0 Å². The minimum atomic E-state index is -0.488. The Morgan fingerprint density at radius 1 is 1.20 bits per heavy atom. The fourth-order valence-electron chi connectivity index (χ4n) is 3.50. The summed E-state index contributed by atoms with van der Waals surface area (Å²) in [5.41, 5.74) is -0.488. The highest BCUT2D eigenvalue weighted by molar-refractivity contribution is 5.84. The lowest BCUT2D eigenvalue weighted by molar-refractivity contribution is -0.123. The van der Waals surface area contributed by atoms with E-state index >= 15 is 0 Å². The molecule has 2 rings (SSSR count). The molecular formula is C16H27NO3. The number of piperidine rings is 1. The van der Waals surface area contributed by atoms with Crippen LogP contribution in [0.3, 0.4) is 0 Å². The van der Waals surface area contributed by atoms with E-state index < -0.39 is 5.60 Å². The molecule has 1 heterocycles. The third-order valence-corrected chi connectivity index (χ3v) is 4.37. The summed E-state index contributed by atoms with van der Waals surface area (Å²) in [7, 11) is 0. The Hall–Kier alpha value is -1.06. The average molecular weight is 281 g/mol. The molecule has 3 unspecified atom stereocenters. The van der Waals surface area contributed by atoms with Gasteiger partial charge in [0.05, 0.1) is 0 Å². The summed E-state index contributed by atoms with van der Waals surface area (Å²) in [6.07, 6.45) is 5.34. The van der Waals surface area contributed by atoms with E-state index in [0.29, 0.717) is 12.2 Å². The standard InChI is InChI=1S/C16H27NO3/c1-11-7-5-9-13(12-8-6-10-14(12)18)17(11)15(19)20-16(2,3)4/h11-13H,5-10H2,1-4H3. The number of hydrogen-bond donors (Lipinski definition) is 0. The highest BCUT2D eigenvalue weighted by atomic mass is 16.6. The first-order valence-electron chi connectivity index (χ1n) is 7.83. The fraction of sp³-hybridized carbons (Fsp3) is 0.875. The summed E-state index contributed by atoms with van der Waals surface area (Å²) >= 11 is 0. The minimum Gasteiger partial charge on any atom is -0.444 e. The van der Waals surface area contributed by atoms with E-state index in [1.54, 1.807) is 0 Å². The summed E-state index contributed by atoms with van der Waals surface area (Å²) in [4.78, 5) is 26.4. The molecule has 0 N–H and O–H groups in total. The van der Waals surface area contributed by atoms with Crippen LogP contribution in [0.1, 0.15) is 66.2 Å². The number of carbonyl (C=O) groups is 2. The van der Waals surface area contributed by atoms with Crippen LogP contribution in [0.15, 0.2) is 0 Å². The van der Waals surface area contributed by atoms with Crippen molar-refractivity contribution in [1.82, 2.24) is 4.90 Å². The number of ketones is 1. The predicted octanol–water partition coefficient (Wildman–Crippen LogP) is 3.53. The zero-order valence-electron chi connectivity index (χ0n) is 13.1. The first-order valence-corrected chi connectivity index (χ1v) is 7.83. The molecule has 0 aromatic carbocycles. The third-order valence-electron chi connectivity index (χ3n) is 4.37. The Bertz CT molecular complexity index is 386. The van der Waals surface area contributed by atoms with Crippen LogP contribution in [0.4, 0.5) is 4.79 Å². The predicted molar refractivity (Wildman–Crippen MR) is 77.5 cm³/mol. The molecule has 0 bridgehead atoms. The van der Waals surface area contributed by atoms with Crippen molar-refractivity contribution in [2.24, 2.45) is 5.92 Å². The van der Waals surface area contributed by atoms with Crippen LogP contribution in [-0.2, 0) is 9.53 Å². The van der Waals surface area contributed by atoms with Crippen molar-refractivity contribution in [3.05, 3.63) is 0 Å². The molecule has 2 fully saturated rings. The molecule has 0 spiro atoms. The summed E-state index contributed by atoms with van der Waals surface area (Å²) in [5, 5.41) is 0. The maximum absolute atomic E-state index is 12.5. The Kier molecular flexibility index (Phi) is 4.40. The van der Waals surface area contributed by atoms with Gasteiger partial charge in [0.1, 0.15) is 11.4 Å². The Morgan fingerprint density at radius 3 is 2.45 bits per heavy atom. The highest BCUT2D eigenvalue weighted by Gasteiger charge is 2.42. The first-order chi connectivity index (χ1) is 9.29. The van der Waals surface area contributed by atoms with Gasteiger partial charge in [-0.3, -0.25) is 4.79 Å². The van der Waals surface area contributed by atoms with Crippen molar-refractivity contribution in [1.29, 1.82) is 0 Å². The second kappa shape index (κ2) is 5.74. The summed E-state index contributed by atoms with van der Waals surface area (Å²) in [5.74, 6) is 0.364. The highest BCUT2D eigenvalue weighted by Crippen LogP contribution is 2.35. The molecule has 1 aliphatic carbocycles. The van der Waals surface area contributed by atoms with Crippen molar-refractivity contribution in [3.63, 3.8) is 0 Å². The summed E-state index contributed by atoms with van der Waals surface area (Å²) < 4.78 is 5.55. The maximum atomic E-state index is 12.5. The van der Waals surface area contributed by atoms with Crippen LogP contribution >= 0.6 is 0 Å². The van der Waals surface area contributed by atoms with E-state index in [0.717, 1.165) is 32.1 Å². The van der Waals surface area contributed by atoms with Gasteiger partial charge in [-0.1, -0.05) is 0 Å². The fourth-order valence-corrected chi connectivity index (χ4v) is 3.50. The lowest BCUT2D eigenvalue weighted by Gasteiger charge is -2.43. The van der Waals surface area contributed by atoms with E-state index in [1.165, 1.54) is 0 Å². The maximum Gasteiger partial charge on any atom is 0.410 e. The Labute approximate surface area is 121 Å². The molecule has 1 aliphatic heterocycles. The largest absolute Gasteiger partial charge is 0.444 e. The molecule has 1 saturated carbocycles. The van der Waals surface area contributed by atoms with Crippen LogP contribution in [0.2, 0.25) is 0 Å². The lowest BCUT2D eigenvalue weighted by atomic mass is 9.86. The molecule has 0 aromatic heterocycles. The van der Waals surface area contributed by atoms with Crippen LogP contribution in [-0.4, -0.2) is 34.5 Å². The topological polar surface area (TPSA) is 46.6 Å². The number of likely N-dealkylation sites (tertiary alicyclic amines) is 1. The summed E-state index contributed by atoms with van der Waals surface area (Å²) in [6, 6.07) is 0.209. The number of carbonyl (C=O) groups excluding carboxylic acids is 2. The van der Waals surface area contributed by atoms with E-state index in [2.05, 4.69) is 6.92 Å². The molecule has 114 valence electrons. The second-order valence-corrected chi connectivity index (χ2v) is 7.20. The van der Waals surface area contributed by atoms with E-state index in [-0.39, 0.29) is 24.1 Å². The molecule has 4 heteroatoms. The molecule has 0 aromatic rings. The van der Waals surface area contributed by atoms with E-state index in [9.17, 15) is 9.59 Å². The van der Waals surface area contributed by atoms with Crippen molar-refractivity contribution in [3.8, 4) is 0 Å². The van der Waals surface area contributed by atoms with Crippen LogP contribution in [0.25, 0.3) is 0 Å². The Morgan fingerprint density at radius 2 is 1.90 bits per heavy atom. The number of nitrogens with zero attached hydrogens (tertiary/aromatic N) is 1. The number of hydrogen-bond acceptors (Lipinski definition) is 3. The smallest absolute Gasteiger partial charge is 0.410 e. The van der Waals surface area contributed by atoms with Crippen molar-refractivity contribution in [2.45, 2.75) is 83.9 Å². The first kappa shape index (κ1) is 15.3. The molecular weight excluding hydrogens is 254 g/mol. The van der Waals surface area contributed by atoms with Crippen LogP contribution in [0.5, 0.6) is 0 Å². The van der Waals surface area contributed by atoms with Gasteiger partial charge in [-0.15, -0.1) is 0 Å².